The van der Waals surface area contributed by atoms with Crippen molar-refractivity contribution < 1.29 is 4.79 Å². The lowest BCUT2D eigenvalue weighted by molar-refractivity contribution is -0.119. The zero-order chi connectivity index (χ0) is 10.2. The van der Waals surface area contributed by atoms with Crippen molar-refractivity contribution in [3.8, 4) is 0 Å². The molecule has 0 aliphatic rings. The van der Waals surface area contributed by atoms with Gasteiger partial charge >= 0.3 is 0 Å². The molecule has 0 saturated carbocycles. The van der Waals surface area contributed by atoms with Gasteiger partial charge in [0.2, 0.25) is 5.91 Å². The molecule has 1 heterocycles. The fraction of sp³-hybridized carbons (Fsp3) is 0.286. The number of hydrogen-bond acceptors (Lipinski definition) is 4. The monoisotopic (exact) mass is 192 g/mol. The summed E-state index contributed by atoms with van der Waals surface area (Å²) in [7, 11) is 0. The molecular formula is C7H8N6O. The van der Waals surface area contributed by atoms with E-state index in [9.17, 15) is 4.79 Å². The van der Waals surface area contributed by atoms with Crippen molar-refractivity contribution in [3.05, 3.63) is 34.7 Å². The molecule has 0 bridgehead atoms. The highest BCUT2D eigenvalue weighted by molar-refractivity contribution is 5.77. The van der Waals surface area contributed by atoms with Gasteiger partial charge < -0.3 is 5.32 Å². The molecule has 7 heteroatoms. The molecule has 0 radical (unpaired) electrons. The van der Waals surface area contributed by atoms with Gasteiger partial charge in [0.15, 0.2) is 0 Å². The number of nitrogens with zero attached hydrogens (tertiary/aromatic N) is 5. The van der Waals surface area contributed by atoms with Gasteiger partial charge in [0.25, 0.3) is 0 Å². The Morgan fingerprint density at radius 2 is 2.50 bits per heavy atom. The fourth-order valence-electron chi connectivity index (χ4n) is 0.762. The van der Waals surface area contributed by atoms with Crippen LogP contribution >= 0.6 is 0 Å². The maximum atomic E-state index is 11.0. The van der Waals surface area contributed by atoms with Crippen molar-refractivity contribution in [3.63, 3.8) is 0 Å². The van der Waals surface area contributed by atoms with Gasteiger partial charge in [0, 0.05) is 17.3 Å². The van der Waals surface area contributed by atoms with Gasteiger partial charge in [-0.2, -0.15) is 0 Å². The second-order valence-electron chi connectivity index (χ2n) is 2.36. The van der Waals surface area contributed by atoms with Crippen LogP contribution in [0.1, 0.15) is 5.69 Å². The van der Waals surface area contributed by atoms with Crippen molar-refractivity contribution in [1.82, 2.24) is 15.3 Å². The molecule has 0 saturated heterocycles. The molecule has 1 rings (SSSR count). The van der Waals surface area contributed by atoms with E-state index in [1.54, 1.807) is 12.4 Å². The lowest BCUT2D eigenvalue weighted by Gasteiger charge is -2.00. The summed E-state index contributed by atoms with van der Waals surface area (Å²) in [4.78, 5) is 21.2. The van der Waals surface area contributed by atoms with E-state index in [4.69, 9.17) is 5.53 Å². The molecule has 0 fully saturated rings. The van der Waals surface area contributed by atoms with E-state index in [1.807, 2.05) is 0 Å². The van der Waals surface area contributed by atoms with Crippen LogP contribution in [-0.4, -0.2) is 22.4 Å². The van der Waals surface area contributed by atoms with Crippen LogP contribution in [0.3, 0.4) is 0 Å². The summed E-state index contributed by atoms with van der Waals surface area (Å²) >= 11 is 0. The van der Waals surface area contributed by atoms with Crippen LogP contribution in [0.15, 0.2) is 23.7 Å². The van der Waals surface area contributed by atoms with Crippen molar-refractivity contribution in [2.24, 2.45) is 5.11 Å². The van der Waals surface area contributed by atoms with E-state index < -0.39 is 0 Å². The Balaban J connectivity index is 2.34. The predicted octanol–water partition coefficient (Wildman–Crippen LogP) is 0.403. The molecule has 1 aromatic rings. The zero-order valence-corrected chi connectivity index (χ0v) is 7.29. The minimum atomic E-state index is -0.339. The Bertz CT molecular complexity index is 344. The van der Waals surface area contributed by atoms with E-state index in [2.05, 4.69) is 25.3 Å². The van der Waals surface area contributed by atoms with Gasteiger partial charge in [0.05, 0.1) is 18.4 Å². The van der Waals surface area contributed by atoms with Gasteiger partial charge in [-0.3, -0.25) is 14.8 Å². The van der Waals surface area contributed by atoms with E-state index in [0.29, 0.717) is 5.69 Å². The largest absolute Gasteiger partial charge is 0.350 e. The van der Waals surface area contributed by atoms with E-state index >= 15 is 0 Å². The SMILES string of the molecule is [N-]=[N+]=NCC(=O)NCc1cnccn1. The van der Waals surface area contributed by atoms with Gasteiger partial charge in [0.1, 0.15) is 6.54 Å². The second kappa shape index (κ2) is 5.50. The molecule has 72 valence electrons. The third kappa shape index (κ3) is 3.51. The first-order chi connectivity index (χ1) is 6.83. The van der Waals surface area contributed by atoms with E-state index in [0.717, 1.165) is 0 Å². The Morgan fingerprint density at radius 1 is 1.64 bits per heavy atom. The highest BCUT2D eigenvalue weighted by Gasteiger charge is 1.99. The van der Waals surface area contributed by atoms with Crippen molar-refractivity contribution >= 4 is 5.91 Å². The number of amides is 1. The minimum absolute atomic E-state index is 0.198. The number of rotatable bonds is 4. The van der Waals surface area contributed by atoms with Crippen LogP contribution in [0.5, 0.6) is 0 Å². The summed E-state index contributed by atoms with van der Waals surface area (Å²) in [5.74, 6) is -0.339. The zero-order valence-electron chi connectivity index (χ0n) is 7.29. The van der Waals surface area contributed by atoms with Crippen LogP contribution in [0.4, 0.5) is 0 Å². The lowest BCUT2D eigenvalue weighted by Crippen LogP contribution is -2.25. The third-order valence-electron chi connectivity index (χ3n) is 1.36. The van der Waals surface area contributed by atoms with Gasteiger partial charge in [-0.05, 0) is 5.53 Å². The maximum Gasteiger partial charge on any atom is 0.226 e. The number of aromatic nitrogens is 2. The van der Waals surface area contributed by atoms with Gasteiger partial charge in [-0.15, -0.1) is 0 Å². The summed E-state index contributed by atoms with van der Waals surface area (Å²) in [5.41, 5.74) is 8.61. The van der Waals surface area contributed by atoms with Crippen LogP contribution in [-0.2, 0) is 11.3 Å². The predicted molar refractivity (Wildman–Crippen MR) is 47.9 cm³/mol. The highest BCUT2D eigenvalue weighted by atomic mass is 16.1. The molecule has 0 aliphatic carbocycles. The van der Waals surface area contributed by atoms with Gasteiger partial charge in [-0.25, -0.2) is 0 Å². The summed E-state index contributed by atoms with van der Waals surface area (Å²) in [5, 5.41) is 5.64. The summed E-state index contributed by atoms with van der Waals surface area (Å²) in [6.07, 6.45) is 4.63. The van der Waals surface area contributed by atoms with Crippen molar-refractivity contribution in [2.45, 2.75) is 6.54 Å². The number of carbonyl (C=O) groups excluding carboxylic acids is 1. The van der Waals surface area contributed by atoms with E-state index in [-0.39, 0.29) is 19.0 Å². The van der Waals surface area contributed by atoms with Crippen LogP contribution in [0.25, 0.3) is 10.4 Å². The van der Waals surface area contributed by atoms with Crippen LogP contribution in [0.2, 0.25) is 0 Å². The normalized spacial score (nSPS) is 8.86. The molecular weight excluding hydrogens is 184 g/mol. The second-order valence-corrected chi connectivity index (χ2v) is 2.36. The summed E-state index contributed by atoms with van der Waals surface area (Å²) in [6, 6.07) is 0. The molecule has 0 aromatic carbocycles. The molecule has 7 nitrogen and oxygen atoms in total. The summed E-state index contributed by atoms with van der Waals surface area (Å²) in [6.45, 7) is 0.0877. The quantitative estimate of drug-likeness (QED) is 0.424. The lowest BCUT2D eigenvalue weighted by atomic mass is 10.4. The molecule has 0 aliphatic heterocycles. The first-order valence-electron chi connectivity index (χ1n) is 3.85. The standard InChI is InChI=1S/C7H8N6O/c8-13-12-5-7(14)11-4-6-3-9-1-2-10-6/h1-3H,4-5H2,(H,11,14). The number of carbonyl (C=O) groups is 1. The van der Waals surface area contributed by atoms with Crippen LogP contribution in [0, 0.1) is 0 Å². The topological polar surface area (TPSA) is 104 Å². The maximum absolute atomic E-state index is 11.0. The molecule has 1 N–H and O–H groups in total. The Labute approximate surface area is 79.8 Å². The molecule has 0 atom stereocenters. The van der Waals surface area contributed by atoms with Gasteiger partial charge in [-0.1, -0.05) is 5.11 Å². The third-order valence-corrected chi connectivity index (χ3v) is 1.36. The molecule has 0 unspecified atom stereocenters. The number of nitrogens with one attached hydrogen (secondary N) is 1. The van der Waals surface area contributed by atoms with Crippen LogP contribution < -0.4 is 5.32 Å². The first kappa shape index (κ1) is 9.94. The first-order valence-corrected chi connectivity index (χ1v) is 3.85. The number of azide groups is 1. The fourth-order valence-corrected chi connectivity index (χ4v) is 0.762. The average molecular weight is 192 g/mol. The van der Waals surface area contributed by atoms with E-state index in [1.165, 1.54) is 6.20 Å². The number of hydrogen-bond donors (Lipinski definition) is 1. The minimum Gasteiger partial charge on any atom is -0.350 e. The molecule has 1 aromatic heterocycles. The molecule has 0 spiro atoms. The Kier molecular flexibility index (Phi) is 3.90. The summed E-state index contributed by atoms with van der Waals surface area (Å²) < 4.78 is 0. The highest BCUT2D eigenvalue weighted by Crippen LogP contribution is 1.88. The van der Waals surface area contributed by atoms with Crippen molar-refractivity contribution in [2.75, 3.05) is 6.54 Å². The molecule has 14 heavy (non-hydrogen) atoms. The van der Waals surface area contributed by atoms with Crippen molar-refractivity contribution in [1.29, 1.82) is 0 Å². The average Bonchev–Trinajstić information content (AvgIpc) is 2.25. The molecule has 1 amide bonds. The smallest absolute Gasteiger partial charge is 0.226 e. The Hall–Kier alpha value is -2.14. The Morgan fingerprint density at radius 3 is 3.14 bits per heavy atom.